The first-order valence-corrected chi connectivity index (χ1v) is 8.93. The summed E-state index contributed by atoms with van der Waals surface area (Å²) in [7, 11) is 1.75. The van der Waals surface area contributed by atoms with Gasteiger partial charge in [0, 0.05) is 36.3 Å². The van der Waals surface area contributed by atoms with Gasteiger partial charge in [-0.15, -0.1) is 0 Å². The zero-order valence-electron chi connectivity index (χ0n) is 15.6. The lowest BCUT2D eigenvalue weighted by molar-refractivity contribution is 0.0787. The smallest absolute Gasteiger partial charge is 0.254 e. The van der Waals surface area contributed by atoms with E-state index in [1.165, 1.54) is 12.1 Å². The number of halogens is 1. The van der Waals surface area contributed by atoms with Gasteiger partial charge in [0.1, 0.15) is 5.82 Å². The third kappa shape index (κ3) is 3.36. The number of aromatic amines is 1. The molecular formula is C22H19FN4O. The van der Waals surface area contributed by atoms with E-state index in [9.17, 15) is 9.18 Å². The van der Waals surface area contributed by atoms with Crippen LogP contribution >= 0.6 is 0 Å². The SMILES string of the molecule is Cc1cc(C(=O)N(C)Cc2cn[nH]c2-c2ccccc2)c2ccc(F)cc2n1. The average molecular weight is 374 g/mol. The fraction of sp³-hybridized carbons (Fsp3) is 0.136. The van der Waals surface area contributed by atoms with E-state index in [0.717, 1.165) is 16.8 Å². The quantitative estimate of drug-likeness (QED) is 0.578. The average Bonchev–Trinajstić information content (AvgIpc) is 3.15. The Kier molecular flexibility index (Phi) is 4.61. The second-order valence-corrected chi connectivity index (χ2v) is 6.77. The Morgan fingerprint density at radius 1 is 1.14 bits per heavy atom. The lowest BCUT2D eigenvalue weighted by Gasteiger charge is -2.19. The topological polar surface area (TPSA) is 61.9 Å². The highest BCUT2D eigenvalue weighted by molar-refractivity contribution is 6.06. The molecule has 0 atom stereocenters. The van der Waals surface area contributed by atoms with E-state index in [1.54, 1.807) is 37.2 Å². The molecule has 0 bridgehead atoms. The molecule has 2 aromatic carbocycles. The summed E-state index contributed by atoms with van der Waals surface area (Å²) >= 11 is 0. The Balaban J connectivity index is 1.66. The molecule has 140 valence electrons. The second-order valence-electron chi connectivity index (χ2n) is 6.77. The monoisotopic (exact) mass is 374 g/mol. The molecule has 2 aromatic heterocycles. The third-order valence-electron chi connectivity index (χ3n) is 4.66. The Morgan fingerprint density at radius 3 is 2.71 bits per heavy atom. The van der Waals surface area contributed by atoms with Gasteiger partial charge in [-0.25, -0.2) is 4.39 Å². The number of rotatable bonds is 4. The predicted molar refractivity (Wildman–Crippen MR) is 106 cm³/mol. The van der Waals surface area contributed by atoms with E-state index in [2.05, 4.69) is 15.2 Å². The highest BCUT2D eigenvalue weighted by Gasteiger charge is 2.19. The number of H-pyrrole nitrogens is 1. The number of amides is 1. The molecule has 0 aliphatic rings. The molecule has 1 amide bonds. The van der Waals surface area contributed by atoms with Crippen LogP contribution in [0.5, 0.6) is 0 Å². The molecule has 2 heterocycles. The van der Waals surface area contributed by atoms with Crippen LogP contribution in [0.25, 0.3) is 22.2 Å². The third-order valence-corrected chi connectivity index (χ3v) is 4.66. The Labute approximate surface area is 161 Å². The summed E-state index contributed by atoms with van der Waals surface area (Å²) < 4.78 is 13.6. The number of fused-ring (bicyclic) bond motifs is 1. The molecule has 0 aliphatic heterocycles. The highest BCUT2D eigenvalue weighted by Crippen LogP contribution is 2.24. The van der Waals surface area contributed by atoms with Crippen LogP contribution in [0.1, 0.15) is 21.6 Å². The van der Waals surface area contributed by atoms with Crippen molar-refractivity contribution in [3.05, 3.63) is 83.4 Å². The van der Waals surface area contributed by atoms with Crippen LogP contribution in [0.2, 0.25) is 0 Å². The van der Waals surface area contributed by atoms with Gasteiger partial charge in [0.05, 0.1) is 23.0 Å². The maximum atomic E-state index is 13.6. The maximum absolute atomic E-state index is 13.6. The summed E-state index contributed by atoms with van der Waals surface area (Å²) in [6.07, 6.45) is 1.73. The molecule has 6 heteroatoms. The van der Waals surface area contributed by atoms with Gasteiger partial charge in [-0.2, -0.15) is 5.10 Å². The standard InChI is InChI=1S/C22H19FN4O/c1-14-10-19(18-9-8-17(23)11-20(18)25-14)22(28)27(2)13-16-12-24-26-21(16)15-6-4-3-5-7-15/h3-12H,13H2,1-2H3,(H,24,26). The Morgan fingerprint density at radius 2 is 1.93 bits per heavy atom. The molecular weight excluding hydrogens is 355 g/mol. The number of hydrogen-bond acceptors (Lipinski definition) is 3. The van der Waals surface area contributed by atoms with E-state index >= 15 is 0 Å². The number of carbonyl (C=O) groups excluding carboxylic acids is 1. The van der Waals surface area contributed by atoms with Crippen molar-refractivity contribution in [2.24, 2.45) is 0 Å². The van der Waals surface area contributed by atoms with Gasteiger partial charge in [0.15, 0.2) is 0 Å². The first-order valence-electron chi connectivity index (χ1n) is 8.93. The molecule has 1 N–H and O–H groups in total. The van der Waals surface area contributed by atoms with Crippen molar-refractivity contribution in [1.29, 1.82) is 0 Å². The van der Waals surface area contributed by atoms with Crippen molar-refractivity contribution in [3.63, 3.8) is 0 Å². The van der Waals surface area contributed by atoms with Crippen LogP contribution in [-0.4, -0.2) is 33.0 Å². The fourth-order valence-corrected chi connectivity index (χ4v) is 3.33. The van der Waals surface area contributed by atoms with Crippen LogP contribution < -0.4 is 0 Å². The van der Waals surface area contributed by atoms with Gasteiger partial charge >= 0.3 is 0 Å². The number of pyridine rings is 1. The van der Waals surface area contributed by atoms with E-state index in [0.29, 0.717) is 28.7 Å². The van der Waals surface area contributed by atoms with E-state index in [-0.39, 0.29) is 11.7 Å². The molecule has 0 aliphatic carbocycles. The zero-order valence-corrected chi connectivity index (χ0v) is 15.6. The second kappa shape index (κ2) is 7.23. The van der Waals surface area contributed by atoms with E-state index in [4.69, 9.17) is 0 Å². The minimum Gasteiger partial charge on any atom is -0.337 e. The van der Waals surface area contributed by atoms with Crippen molar-refractivity contribution in [3.8, 4) is 11.3 Å². The minimum atomic E-state index is -0.372. The Hall–Kier alpha value is -3.54. The maximum Gasteiger partial charge on any atom is 0.254 e. The first-order chi connectivity index (χ1) is 13.5. The van der Waals surface area contributed by atoms with Crippen molar-refractivity contribution < 1.29 is 9.18 Å². The summed E-state index contributed by atoms with van der Waals surface area (Å²) in [6, 6.07) is 15.9. The van der Waals surface area contributed by atoms with Gasteiger partial charge in [-0.1, -0.05) is 30.3 Å². The lowest BCUT2D eigenvalue weighted by Crippen LogP contribution is -2.26. The highest BCUT2D eigenvalue weighted by atomic mass is 19.1. The largest absolute Gasteiger partial charge is 0.337 e. The van der Waals surface area contributed by atoms with Gasteiger partial charge in [0.2, 0.25) is 0 Å². The van der Waals surface area contributed by atoms with Crippen molar-refractivity contribution in [1.82, 2.24) is 20.1 Å². The number of hydrogen-bond donors (Lipinski definition) is 1. The van der Waals surface area contributed by atoms with Crippen LogP contribution in [-0.2, 0) is 6.54 Å². The van der Waals surface area contributed by atoms with Crippen molar-refractivity contribution in [2.45, 2.75) is 13.5 Å². The summed E-state index contributed by atoms with van der Waals surface area (Å²) in [6.45, 7) is 2.19. The number of nitrogens with one attached hydrogen (secondary N) is 1. The molecule has 0 saturated heterocycles. The molecule has 0 saturated carbocycles. The first kappa shape index (κ1) is 17.9. The molecule has 4 aromatic rings. The van der Waals surface area contributed by atoms with Crippen molar-refractivity contribution >= 4 is 16.8 Å². The number of aromatic nitrogens is 3. The molecule has 28 heavy (non-hydrogen) atoms. The van der Waals surface area contributed by atoms with Crippen molar-refractivity contribution in [2.75, 3.05) is 7.05 Å². The normalized spacial score (nSPS) is 11.0. The summed E-state index contributed by atoms with van der Waals surface area (Å²) in [5, 5.41) is 7.79. The van der Waals surface area contributed by atoms with Gasteiger partial charge in [-0.05, 0) is 30.7 Å². The summed E-state index contributed by atoms with van der Waals surface area (Å²) in [5.41, 5.74) is 4.47. The number of carbonyl (C=O) groups is 1. The van der Waals surface area contributed by atoms with Gasteiger partial charge in [0.25, 0.3) is 5.91 Å². The zero-order chi connectivity index (χ0) is 19.7. The number of nitrogens with zero attached hydrogens (tertiary/aromatic N) is 3. The molecule has 4 rings (SSSR count). The predicted octanol–water partition coefficient (Wildman–Crippen LogP) is 4.34. The molecule has 0 unspecified atom stereocenters. The molecule has 0 radical (unpaired) electrons. The Bertz CT molecular complexity index is 1150. The van der Waals surface area contributed by atoms with Gasteiger partial charge in [-0.3, -0.25) is 14.9 Å². The minimum absolute atomic E-state index is 0.151. The fourth-order valence-electron chi connectivity index (χ4n) is 3.33. The molecule has 0 fully saturated rings. The molecule has 5 nitrogen and oxygen atoms in total. The van der Waals surface area contributed by atoms with E-state index in [1.807, 2.05) is 30.3 Å². The van der Waals surface area contributed by atoms with Crippen LogP contribution in [0.15, 0.2) is 60.8 Å². The van der Waals surface area contributed by atoms with Crippen LogP contribution in [0, 0.1) is 12.7 Å². The van der Waals surface area contributed by atoms with E-state index < -0.39 is 0 Å². The molecule has 0 spiro atoms. The van der Waals surface area contributed by atoms with Crippen LogP contribution in [0.4, 0.5) is 4.39 Å². The number of aryl methyl sites for hydroxylation is 1. The summed E-state index contributed by atoms with van der Waals surface area (Å²) in [5.74, 6) is -0.523. The number of benzene rings is 2. The van der Waals surface area contributed by atoms with Gasteiger partial charge < -0.3 is 4.90 Å². The summed E-state index contributed by atoms with van der Waals surface area (Å²) in [4.78, 5) is 19.1. The lowest BCUT2D eigenvalue weighted by atomic mass is 10.1. The van der Waals surface area contributed by atoms with Crippen LogP contribution in [0.3, 0.4) is 0 Å².